The van der Waals surface area contributed by atoms with Crippen molar-refractivity contribution in [2.45, 2.75) is 44.8 Å². The van der Waals surface area contributed by atoms with Crippen molar-refractivity contribution in [1.29, 1.82) is 0 Å². The molecule has 0 radical (unpaired) electrons. The van der Waals surface area contributed by atoms with E-state index in [9.17, 15) is 41.1 Å². The smallest absolute Gasteiger partial charge is 0.405 e. The van der Waals surface area contributed by atoms with Crippen molar-refractivity contribution in [3.05, 3.63) is 62.1 Å². The maximum absolute atomic E-state index is 14.6. The molecule has 2 atom stereocenters. The molecule has 0 saturated carbocycles. The molecular weight excluding hydrogens is 669 g/mol. The van der Waals surface area contributed by atoms with Crippen molar-refractivity contribution in [3.8, 4) is 5.75 Å². The normalized spacial score (nSPS) is 13.3. The van der Waals surface area contributed by atoms with E-state index in [2.05, 4.69) is 5.32 Å². The van der Waals surface area contributed by atoms with Crippen molar-refractivity contribution in [2.24, 2.45) is 11.8 Å². The van der Waals surface area contributed by atoms with E-state index >= 15 is 0 Å². The Morgan fingerprint density at radius 2 is 1.49 bits per heavy atom. The Bertz CT molecular complexity index is 1340. The Balaban J connectivity index is 2.27. The lowest BCUT2D eigenvalue weighted by atomic mass is 9.82. The van der Waals surface area contributed by atoms with Crippen LogP contribution in [0.25, 0.3) is 0 Å². The number of amides is 2. The number of benzene rings is 2. The zero-order valence-corrected chi connectivity index (χ0v) is 25.5. The quantitative estimate of drug-likeness (QED) is 0.173. The highest BCUT2D eigenvalue weighted by Crippen LogP contribution is 2.29. The van der Waals surface area contributed by atoms with Crippen LogP contribution in [0.1, 0.15) is 25.8 Å². The minimum absolute atomic E-state index is 0.123. The second-order valence-corrected chi connectivity index (χ2v) is 11.4. The zero-order chi connectivity index (χ0) is 32.7. The fraction of sp³-hybridized carbons (Fsp3) is 0.407. The summed E-state index contributed by atoms with van der Waals surface area (Å²) in [5.41, 5.74) is 0.403. The van der Waals surface area contributed by atoms with Crippen LogP contribution in [0, 0.1) is 11.8 Å². The topological polar surface area (TPSA) is 102 Å². The molecule has 0 aromatic heterocycles. The minimum atomic E-state index is -5.00. The first kappa shape index (κ1) is 36.5. The maximum atomic E-state index is 14.6. The predicted molar refractivity (Wildman–Crippen MR) is 151 cm³/mol. The number of nitrogens with one attached hydrogen (secondary N) is 2. The Hall–Kier alpha value is -2.67. The fourth-order valence-electron chi connectivity index (χ4n) is 3.77. The van der Waals surface area contributed by atoms with E-state index in [1.165, 1.54) is 50.2 Å². The van der Waals surface area contributed by atoms with Gasteiger partial charge in [-0.2, -0.15) is 22.0 Å². The standard InChI is InChI=1S/C27H25Cl4F5N2O5/c1-13(2)18(24(41)27(35,36)25(42)37-12-26(32,33)34)10-22(39)21(6-14-3-4-19(30)20(31)5-14)38-23(40)11-43-17-8-15(28)7-16(29)9-17/h3-5,7-9,13,18,21H,6,10-12H2,1-2H3,(H,37,42)(H,38,40)/t18-,21-/m0/s1. The van der Waals surface area contributed by atoms with E-state index in [0.717, 1.165) is 5.32 Å². The van der Waals surface area contributed by atoms with Gasteiger partial charge in [0.2, 0.25) is 5.78 Å². The molecule has 236 valence electrons. The first-order chi connectivity index (χ1) is 19.8. The summed E-state index contributed by atoms with van der Waals surface area (Å²) in [6, 6.07) is 7.11. The number of Topliss-reactive ketones (excluding diaryl/α,β-unsaturated/α-hetero) is 2. The van der Waals surface area contributed by atoms with Gasteiger partial charge in [-0.05, 0) is 48.2 Å². The average Bonchev–Trinajstić information content (AvgIpc) is 2.89. The molecule has 0 fully saturated rings. The molecule has 2 N–H and O–H groups in total. The number of hydrogen-bond acceptors (Lipinski definition) is 5. The molecule has 2 amide bonds. The maximum Gasteiger partial charge on any atom is 0.405 e. The van der Waals surface area contributed by atoms with Crippen LogP contribution in [0.15, 0.2) is 36.4 Å². The van der Waals surface area contributed by atoms with Crippen LogP contribution >= 0.6 is 46.4 Å². The molecule has 43 heavy (non-hydrogen) atoms. The molecule has 0 heterocycles. The summed E-state index contributed by atoms with van der Waals surface area (Å²) in [5, 5.41) is 4.18. The monoisotopic (exact) mass is 692 g/mol. The van der Waals surface area contributed by atoms with E-state index in [1.54, 1.807) is 0 Å². The van der Waals surface area contributed by atoms with Crippen molar-refractivity contribution >= 4 is 69.8 Å². The van der Waals surface area contributed by atoms with E-state index in [4.69, 9.17) is 51.1 Å². The largest absolute Gasteiger partial charge is 0.484 e. The Labute approximate surface area is 263 Å². The lowest BCUT2D eigenvalue weighted by Gasteiger charge is -2.26. The number of hydrogen-bond donors (Lipinski definition) is 2. The van der Waals surface area contributed by atoms with Gasteiger partial charge in [-0.25, -0.2) is 0 Å². The van der Waals surface area contributed by atoms with Crippen LogP contribution in [0.3, 0.4) is 0 Å². The van der Waals surface area contributed by atoms with Crippen LogP contribution in [0.2, 0.25) is 20.1 Å². The lowest BCUT2D eigenvalue weighted by Crippen LogP contribution is -2.52. The highest BCUT2D eigenvalue weighted by Gasteiger charge is 2.51. The molecule has 0 aliphatic heterocycles. The summed E-state index contributed by atoms with van der Waals surface area (Å²) in [5.74, 6) is -13.7. The highest BCUT2D eigenvalue weighted by molar-refractivity contribution is 6.42. The molecule has 0 aliphatic rings. The highest BCUT2D eigenvalue weighted by atomic mass is 35.5. The summed E-state index contributed by atoms with van der Waals surface area (Å²) in [4.78, 5) is 50.6. The van der Waals surface area contributed by atoms with Gasteiger partial charge in [0.05, 0.1) is 16.1 Å². The first-order valence-corrected chi connectivity index (χ1v) is 13.9. The second-order valence-electron chi connectivity index (χ2n) is 9.72. The summed E-state index contributed by atoms with van der Waals surface area (Å²) in [6.45, 7) is -0.0703. The van der Waals surface area contributed by atoms with Gasteiger partial charge >= 0.3 is 12.1 Å². The van der Waals surface area contributed by atoms with E-state index < -0.39 is 72.9 Å². The Morgan fingerprint density at radius 1 is 0.884 bits per heavy atom. The summed E-state index contributed by atoms with van der Waals surface area (Å²) >= 11 is 23.8. The van der Waals surface area contributed by atoms with Crippen LogP contribution in [-0.4, -0.2) is 54.7 Å². The number of carbonyl (C=O) groups excluding carboxylic acids is 4. The van der Waals surface area contributed by atoms with Gasteiger partial charge in [-0.1, -0.05) is 66.3 Å². The molecular formula is C27H25Cl4F5N2O5. The van der Waals surface area contributed by atoms with Crippen LogP contribution in [0.5, 0.6) is 5.75 Å². The lowest BCUT2D eigenvalue weighted by molar-refractivity contribution is -0.167. The van der Waals surface area contributed by atoms with Crippen LogP contribution in [-0.2, 0) is 25.6 Å². The van der Waals surface area contributed by atoms with Gasteiger partial charge in [0, 0.05) is 22.4 Å². The third-order valence-corrected chi connectivity index (χ3v) is 7.14. The molecule has 0 bridgehead atoms. The van der Waals surface area contributed by atoms with Crippen molar-refractivity contribution in [3.63, 3.8) is 0 Å². The van der Waals surface area contributed by atoms with Gasteiger partial charge in [0.25, 0.3) is 11.8 Å². The fourth-order valence-corrected chi connectivity index (χ4v) is 4.60. The van der Waals surface area contributed by atoms with Crippen molar-refractivity contribution in [1.82, 2.24) is 10.6 Å². The number of ketones is 2. The second kappa shape index (κ2) is 15.4. The van der Waals surface area contributed by atoms with Gasteiger partial charge in [0.1, 0.15) is 12.3 Å². The number of alkyl halides is 5. The van der Waals surface area contributed by atoms with Gasteiger partial charge in [0.15, 0.2) is 12.4 Å². The number of rotatable bonds is 14. The minimum Gasteiger partial charge on any atom is -0.484 e. The summed E-state index contributed by atoms with van der Waals surface area (Å²) in [7, 11) is 0. The van der Waals surface area contributed by atoms with E-state index in [0.29, 0.717) is 5.56 Å². The molecule has 2 aromatic rings. The molecule has 7 nitrogen and oxygen atoms in total. The van der Waals surface area contributed by atoms with Crippen molar-refractivity contribution in [2.75, 3.05) is 13.2 Å². The molecule has 0 spiro atoms. The molecule has 0 saturated heterocycles. The van der Waals surface area contributed by atoms with Gasteiger partial charge in [-0.15, -0.1) is 0 Å². The Kier molecular flexibility index (Phi) is 13.0. The van der Waals surface area contributed by atoms with Gasteiger partial charge in [-0.3, -0.25) is 19.2 Å². The van der Waals surface area contributed by atoms with Crippen LogP contribution in [0.4, 0.5) is 22.0 Å². The third kappa shape index (κ3) is 11.4. The number of carbonyl (C=O) groups is 4. The summed E-state index contributed by atoms with van der Waals surface area (Å²) in [6.07, 6.45) is -6.09. The van der Waals surface area contributed by atoms with Crippen LogP contribution < -0.4 is 15.4 Å². The predicted octanol–water partition coefficient (Wildman–Crippen LogP) is 6.52. The Morgan fingerprint density at radius 3 is 2.02 bits per heavy atom. The molecule has 0 unspecified atom stereocenters. The van der Waals surface area contributed by atoms with Crippen molar-refractivity contribution < 1.29 is 45.9 Å². The molecule has 0 aliphatic carbocycles. The van der Waals surface area contributed by atoms with Gasteiger partial charge < -0.3 is 15.4 Å². The van der Waals surface area contributed by atoms with E-state index in [-0.39, 0.29) is 32.3 Å². The third-order valence-electron chi connectivity index (χ3n) is 5.96. The van der Waals surface area contributed by atoms with E-state index in [1.807, 2.05) is 0 Å². The first-order valence-electron chi connectivity index (χ1n) is 12.4. The SMILES string of the molecule is CC(C)[C@H](CC(=O)[C@H](Cc1ccc(Cl)c(Cl)c1)NC(=O)COc1cc(Cl)cc(Cl)c1)C(=O)C(F)(F)C(=O)NCC(F)(F)F. The molecule has 2 aromatic carbocycles. The molecule has 2 rings (SSSR count). The number of halogens is 9. The summed E-state index contributed by atoms with van der Waals surface area (Å²) < 4.78 is 71.9. The zero-order valence-electron chi connectivity index (χ0n) is 22.5. The molecule has 16 heteroatoms. The average molecular weight is 694 g/mol. The number of ether oxygens (including phenoxy) is 1.